The summed E-state index contributed by atoms with van der Waals surface area (Å²) in [6.45, 7) is 1.33. The number of benzene rings is 3. The molecule has 3 aromatic carbocycles. The molecule has 3 aromatic rings. The first kappa shape index (κ1) is 24.9. The molecule has 0 saturated heterocycles. The van der Waals surface area contributed by atoms with Gasteiger partial charge in [0, 0.05) is 24.2 Å². The minimum absolute atomic E-state index is 0.135. The SMILES string of the molecule is O=C(NN([C@@H](Cc1ccccc1)C(=O)O)S(=O)(=O)c1ccccc1)c1cccc(NC2=NCCN2)c1. The van der Waals surface area contributed by atoms with Crippen LogP contribution in [0.3, 0.4) is 0 Å². The van der Waals surface area contributed by atoms with Crippen molar-refractivity contribution < 1.29 is 23.1 Å². The number of nitrogens with one attached hydrogen (secondary N) is 3. The second-order valence-electron chi connectivity index (χ2n) is 7.96. The van der Waals surface area contributed by atoms with Crippen LogP contribution in [0.5, 0.6) is 0 Å². The first-order valence-electron chi connectivity index (χ1n) is 11.2. The Bertz CT molecular complexity index is 1360. The van der Waals surface area contributed by atoms with Crippen molar-refractivity contribution in [2.75, 3.05) is 18.4 Å². The average Bonchev–Trinajstić information content (AvgIpc) is 3.40. The Hall–Kier alpha value is -4.22. The normalized spacial score (nSPS) is 14.0. The molecule has 4 rings (SSSR count). The van der Waals surface area contributed by atoms with Crippen LogP contribution >= 0.6 is 0 Å². The van der Waals surface area contributed by atoms with Crippen LogP contribution in [0.4, 0.5) is 5.69 Å². The average molecular weight is 508 g/mol. The summed E-state index contributed by atoms with van der Waals surface area (Å²) in [4.78, 5) is 29.6. The number of hydrazine groups is 1. The van der Waals surface area contributed by atoms with Crippen LogP contribution in [0.15, 0.2) is 94.8 Å². The van der Waals surface area contributed by atoms with Gasteiger partial charge in [0.2, 0.25) is 0 Å². The molecular formula is C25H25N5O5S. The quantitative estimate of drug-likeness (QED) is 0.325. The lowest BCUT2D eigenvalue weighted by Crippen LogP contribution is -2.55. The molecule has 0 radical (unpaired) electrons. The van der Waals surface area contributed by atoms with Crippen LogP contribution in [-0.4, -0.2) is 54.9 Å². The van der Waals surface area contributed by atoms with Gasteiger partial charge in [0.05, 0.1) is 11.4 Å². The van der Waals surface area contributed by atoms with E-state index in [1.807, 2.05) is 0 Å². The first-order chi connectivity index (χ1) is 17.3. The predicted octanol–water partition coefficient (Wildman–Crippen LogP) is 2.09. The summed E-state index contributed by atoms with van der Waals surface area (Å²) in [6.07, 6.45) is -0.157. The lowest BCUT2D eigenvalue weighted by molar-refractivity contribution is -0.142. The number of carbonyl (C=O) groups is 2. The van der Waals surface area contributed by atoms with E-state index in [2.05, 4.69) is 21.1 Å². The van der Waals surface area contributed by atoms with Crippen LogP contribution in [0.2, 0.25) is 0 Å². The molecule has 10 nitrogen and oxygen atoms in total. The second kappa shape index (κ2) is 11.0. The summed E-state index contributed by atoms with van der Waals surface area (Å²) in [7, 11) is -4.42. The zero-order chi connectivity index (χ0) is 25.5. The Kier molecular flexibility index (Phi) is 7.62. The van der Waals surface area contributed by atoms with Gasteiger partial charge >= 0.3 is 5.97 Å². The molecule has 0 aliphatic carbocycles. The monoisotopic (exact) mass is 507 g/mol. The van der Waals surface area contributed by atoms with Gasteiger partial charge in [-0.15, -0.1) is 0 Å². The maximum Gasteiger partial charge on any atom is 0.324 e. The van der Waals surface area contributed by atoms with Crippen molar-refractivity contribution in [3.63, 3.8) is 0 Å². The molecule has 1 heterocycles. The number of carbonyl (C=O) groups excluding carboxylic acids is 1. The molecule has 186 valence electrons. The van der Waals surface area contributed by atoms with Gasteiger partial charge in [0.25, 0.3) is 15.9 Å². The topological polar surface area (TPSA) is 140 Å². The third kappa shape index (κ3) is 5.88. The molecule has 1 amide bonds. The van der Waals surface area contributed by atoms with Crippen molar-refractivity contribution in [3.8, 4) is 0 Å². The molecule has 0 fully saturated rings. The summed E-state index contributed by atoms with van der Waals surface area (Å²) >= 11 is 0. The van der Waals surface area contributed by atoms with Crippen LogP contribution in [0.1, 0.15) is 15.9 Å². The van der Waals surface area contributed by atoms with Gasteiger partial charge in [-0.2, -0.15) is 0 Å². The number of sulfonamides is 1. The van der Waals surface area contributed by atoms with E-state index >= 15 is 0 Å². The number of rotatable bonds is 9. The Morgan fingerprint density at radius 1 is 1.00 bits per heavy atom. The van der Waals surface area contributed by atoms with Gasteiger partial charge in [0.1, 0.15) is 6.04 Å². The van der Waals surface area contributed by atoms with Crippen molar-refractivity contribution >= 4 is 33.5 Å². The highest BCUT2D eigenvalue weighted by molar-refractivity contribution is 7.89. The Balaban J connectivity index is 1.66. The van der Waals surface area contributed by atoms with E-state index in [4.69, 9.17) is 0 Å². The van der Waals surface area contributed by atoms with Crippen LogP contribution < -0.4 is 16.1 Å². The number of carboxylic acids is 1. The third-order valence-electron chi connectivity index (χ3n) is 5.41. The maximum absolute atomic E-state index is 13.5. The molecular weight excluding hydrogens is 482 g/mol. The lowest BCUT2D eigenvalue weighted by Gasteiger charge is -2.28. The molecule has 1 atom stereocenters. The van der Waals surface area contributed by atoms with Crippen molar-refractivity contribution in [3.05, 3.63) is 96.1 Å². The molecule has 0 saturated carbocycles. The molecule has 1 aliphatic rings. The molecule has 0 bridgehead atoms. The smallest absolute Gasteiger partial charge is 0.324 e. The van der Waals surface area contributed by atoms with Crippen molar-refractivity contribution in [2.45, 2.75) is 17.4 Å². The fourth-order valence-corrected chi connectivity index (χ4v) is 5.07. The van der Waals surface area contributed by atoms with Gasteiger partial charge in [-0.25, -0.2) is 8.42 Å². The van der Waals surface area contributed by atoms with E-state index in [1.165, 1.54) is 36.4 Å². The highest BCUT2D eigenvalue weighted by atomic mass is 32.2. The van der Waals surface area contributed by atoms with Crippen LogP contribution in [0, 0.1) is 0 Å². The van der Waals surface area contributed by atoms with E-state index in [1.54, 1.807) is 48.5 Å². The molecule has 4 N–H and O–H groups in total. The summed E-state index contributed by atoms with van der Waals surface area (Å²) in [5.74, 6) is -1.62. The minimum atomic E-state index is -4.42. The number of aliphatic carboxylic acids is 1. The zero-order valence-electron chi connectivity index (χ0n) is 19.2. The Morgan fingerprint density at radius 2 is 1.69 bits per heavy atom. The molecule has 0 aromatic heterocycles. The second-order valence-corrected chi connectivity index (χ2v) is 9.78. The van der Waals surface area contributed by atoms with E-state index in [-0.39, 0.29) is 16.9 Å². The maximum atomic E-state index is 13.5. The number of amides is 1. The molecule has 1 aliphatic heterocycles. The molecule has 11 heteroatoms. The van der Waals surface area contributed by atoms with E-state index in [9.17, 15) is 23.1 Å². The number of hydrogen-bond acceptors (Lipinski definition) is 7. The van der Waals surface area contributed by atoms with Crippen molar-refractivity contribution in [1.82, 2.24) is 15.2 Å². The number of aliphatic imine (C=N–C) groups is 1. The van der Waals surface area contributed by atoms with E-state index in [0.29, 0.717) is 34.7 Å². The highest BCUT2D eigenvalue weighted by Crippen LogP contribution is 2.20. The van der Waals surface area contributed by atoms with E-state index in [0.717, 1.165) is 0 Å². The number of nitrogens with zero attached hydrogens (tertiary/aromatic N) is 2. The van der Waals surface area contributed by atoms with Gasteiger partial charge in [-0.3, -0.25) is 20.0 Å². The third-order valence-corrected chi connectivity index (χ3v) is 7.14. The van der Waals surface area contributed by atoms with Crippen LogP contribution in [0.25, 0.3) is 0 Å². The van der Waals surface area contributed by atoms with Gasteiger partial charge in [0.15, 0.2) is 5.96 Å². The standard InChI is InChI=1S/C25H25N5O5S/c31-23(19-10-7-11-20(17-19)28-25-26-14-15-27-25)29-30(36(34,35)21-12-5-2-6-13-21)22(24(32)33)16-18-8-3-1-4-9-18/h1-13,17,22H,14-16H2,(H,29,31)(H,32,33)(H2,26,27,28)/t22-/m0/s1. The minimum Gasteiger partial charge on any atom is -0.480 e. The number of guanidine groups is 1. The number of carboxylic acid groups (broad SMARTS) is 1. The fraction of sp³-hybridized carbons (Fsp3) is 0.160. The molecule has 0 spiro atoms. The highest BCUT2D eigenvalue weighted by Gasteiger charge is 2.38. The zero-order valence-corrected chi connectivity index (χ0v) is 20.0. The summed E-state index contributed by atoms with van der Waals surface area (Å²) in [5, 5.41) is 16.1. The van der Waals surface area contributed by atoms with Gasteiger partial charge < -0.3 is 15.7 Å². The van der Waals surface area contributed by atoms with Gasteiger partial charge in [-0.1, -0.05) is 59.0 Å². The van der Waals surface area contributed by atoms with Crippen molar-refractivity contribution in [2.24, 2.45) is 4.99 Å². The van der Waals surface area contributed by atoms with E-state index < -0.39 is 27.9 Å². The Morgan fingerprint density at radius 3 is 2.33 bits per heavy atom. The lowest BCUT2D eigenvalue weighted by atomic mass is 10.1. The number of anilines is 1. The summed E-state index contributed by atoms with van der Waals surface area (Å²) in [5.41, 5.74) is 3.64. The molecule has 0 unspecified atom stereocenters. The van der Waals surface area contributed by atoms with Crippen LogP contribution in [-0.2, 0) is 21.2 Å². The summed E-state index contributed by atoms with van der Waals surface area (Å²) in [6, 6.07) is 20.8. The fourth-order valence-electron chi connectivity index (χ4n) is 3.64. The van der Waals surface area contributed by atoms with Crippen molar-refractivity contribution in [1.29, 1.82) is 0 Å². The number of hydrogen-bond donors (Lipinski definition) is 4. The summed E-state index contributed by atoms with van der Waals surface area (Å²) < 4.78 is 27.6. The Labute approximate surface area is 208 Å². The predicted molar refractivity (Wildman–Crippen MR) is 135 cm³/mol. The molecule has 36 heavy (non-hydrogen) atoms. The first-order valence-corrected chi connectivity index (χ1v) is 12.6. The largest absolute Gasteiger partial charge is 0.480 e. The van der Waals surface area contributed by atoms with Gasteiger partial charge in [-0.05, 0) is 35.9 Å².